The molecule has 1 aromatic carbocycles. The average Bonchev–Trinajstić information content (AvgIpc) is 2.93. The van der Waals surface area contributed by atoms with Crippen LogP contribution in [0.1, 0.15) is 25.5 Å². The van der Waals surface area contributed by atoms with Crippen molar-refractivity contribution in [2.45, 2.75) is 39.3 Å². The van der Waals surface area contributed by atoms with Crippen LogP contribution in [0, 0.1) is 17.0 Å². The minimum Gasteiger partial charge on any atom is -0.382 e. The summed E-state index contributed by atoms with van der Waals surface area (Å²) in [7, 11) is 0. The Bertz CT molecular complexity index is 735. The Morgan fingerprint density at radius 2 is 1.92 bits per heavy atom. The van der Waals surface area contributed by atoms with Crippen LogP contribution in [0.5, 0.6) is 0 Å². The molecular formula is C17H23N5O3. The highest BCUT2D eigenvalue weighted by molar-refractivity contribution is 5.69. The molecule has 2 aromatic rings. The van der Waals surface area contributed by atoms with E-state index in [2.05, 4.69) is 15.7 Å². The number of aromatic nitrogens is 2. The summed E-state index contributed by atoms with van der Waals surface area (Å²) in [6.45, 7) is 5.70. The summed E-state index contributed by atoms with van der Waals surface area (Å²) >= 11 is 0. The van der Waals surface area contributed by atoms with Gasteiger partial charge in [-0.3, -0.25) is 10.1 Å². The summed E-state index contributed by atoms with van der Waals surface area (Å²) < 4.78 is 6.98. The van der Waals surface area contributed by atoms with Gasteiger partial charge in [-0.2, -0.15) is 5.10 Å². The summed E-state index contributed by atoms with van der Waals surface area (Å²) in [6, 6.07) is 8.20. The van der Waals surface area contributed by atoms with Gasteiger partial charge in [-0.1, -0.05) is 0 Å². The molecule has 3 rings (SSSR count). The molecule has 0 aliphatic carbocycles. The van der Waals surface area contributed by atoms with Crippen molar-refractivity contribution in [3.8, 4) is 0 Å². The third kappa shape index (κ3) is 3.90. The van der Waals surface area contributed by atoms with E-state index in [4.69, 9.17) is 4.74 Å². The summed E-state index contributed by atoms with van der Waals surface area (Å²) in [5, 5.41) is 22.2. The van der Waals surface area contributed by atoms with Gasteiger partial charge in [-0.05, 0) is 51.0 Å². The maximum atomic E-state index is 11.3. The van der Waals surface area contributed by atoms with Gasteiger partial charge in [0.05, 0.1) is 4.92 Å². The van der Waals surface area contributed by atoms with Crippen molar-refractivity contribution in [2.75, 3.05) is 23.8 Å². The molecule has 0 atom stereocenters. The molecule has 0 amide bonds. The van der Waals surface area contributed by atoms with E-state index in [1.54, 1.807) is 11.6 Å². The van der Waals surface area contributed by atoms with Gasteiger partial charge in [0.1, 0.15) is 5.69 Å². The molecule has 2 N–H and O–H groups in total. The standard InChI is InChI=1S/C17H23N5O3/c1-3-21-17(16(22(23)24)12(2)20-21)19-14-6-4-13(5-7-14)18-15-8-10-25-11-9-15/h4-7,15,18-19H,3,8-11H2,1-2H3. The Kier molecular flexibility index (Phi) is 5.18. The number of hydrogen-bond acceptors (Lipinski definition) is 6. The molecule has 0 saturated carbocycles. The van der Waals surface area contributed by atoms with Crippen LogP contribution < -0.4 is 10.6 Å². The lowest BCUT2D eigenvalue weighted by molar-refractivity contribution is -0.384. The van der Waals surface area contributed by atoms with E-state index in [1.165, 1.54) is 0 Å². The lowest BCUT2D eigenvalue weighted by Gasteiger charge is -2.24. The van der Waals surface area contributed by atoms with Crippen LogP contribution in [0.2, 0.25) is 0 Å². The number of nitrogens with one attached hydrogen (secondary N) is 2. The molecule has 1 aliphatic heterocycles. The third-order valence-corrected chi connectivity index (χ3v) is 4.32. The van der Waals surface area contributed by atoms with Gasteiger partial charge in [0.15, 0.2) is 0 Å². The maximum absolute atomic E-state index is 11.3. The molecular weight excluding hydrogens is 322 g/mol. The minimum atomic E-state index is -0.391. The molecule has 1 aliphatic rings. The van der Waals surface area contributed by atoms with Gasteiger partial charge in [0.2, 0.25) is 5.82 Å². The first-order chi connectivity index (χ1) is 12.1. The minimum absolute atomic E-state index is 0.0197. The van der Waals surface area contributed by atoms with Gasteiger partial charge < -0.3 is 15.4 Å². The fraction of sp³-hybridized carbons (Fsp3) is 0.471. The quantitative estimate of drug-likeness (QED) is 0.615. The zero-order valence-corrected chi connectivity index (χ0v) is 14.5. The zero-order valence-electron chi connectivity index (χ0n) is 14.5. The van der Waals surface area contributed by atoms with E-state index in [9.17, 15) is 10.1 Å². The molecule has 1 saturated heterocycles. The molecule has 0 radical (unpaired) electrons. The van der Waals surface area contributed by atoms with Gasteiger partial charge in [-0.25, -0.2) is 4.68 Å². The molecule has 2 heterocycles. The van der Waals surface area contributed by atoms with Gasteiger partial charge >= 0.3 is 5.69 Å². The average molecular weight is 345 g/mol. The van der Waals surface area contributed by atoms with E-state index >= 15 is 0 Å². The molecule has 134 valence electrons. The number of anilines is 3. The predicted molar refractivity (Wildman–Crippen MR) is 96.5 cm³/mol. The van der Waals surface area contributed by atoms with Crippen LogP contribution in [0.15, 0.2) is 24.3 Å². The Labute approximate surface area is 146 Å². The Hall–Kier alpha value is -2.61. The van der Waals surface area contributed by atoms with Gasteiger partial charge in [0.25, 0.3) is 0 Å². The van der Waals surface area contributed by atoms with E-state index in [-0.39, 0.29) is 5.69 Å². The smallest absolute Gasteiger partial charge is 0.334 e. The Morgan fingerprint density at radius 3 is 2.52 bits per heavy atom. The monoisotopic (exact) mass is 345 g/mol. The van der Waals surface area contributed by atoms with E-state index in [1.807, 2.05) is 31.2 Å². The second kappa shape index (κ2) is 7.52. The topological polar surface area (TPSA) is 94.2 Å². The van der Waals surface area contributed by atoms with Crippen LogP contribution in [0.3, 0.4) is 0 Å². The van der Waals surface area contributed by atoms with Crippen LogP contribution in [0.25, 0.3) is 0 Å². The van der Waals surface area contributed by atoms with E-state index in [0.29, 0.717) is 24.1 Å². The highest BCUT2D eigenvalue weighted by Crippen LogP contribution is 2.31. The van der Waals surface area contributed by atoms with Crippen molar-refractivity contribution in [1.82, 2.24) is 9.78 Å². The van der Waals surface area contributed by atoms with Crippen molar-refractivity contribution < 1.29 is 9.66 Å². The molecule has 0 bridgehead atoms. The Balaban J connectivity index is 1.74. The largest absolute Gasteiger partial charge is 0.382 e. The number of nitrogens with zero attached hydrogens (tertiary/aromatic N) is 3. The summed E-state index contributed by atoms with van der Waals surface area (Å²) in [5.74, 6) is 0.412. The van der Waals surface area contributed by atoms with Crippen molar-refractivity contribution in [1.29, 1.82) is 0 Å². The normalized spacial score (nSPS) is 15.1. The second-order valence-corrected chi connectivity index (χ2v) is 6.09. The Morgan fingerprint density at radius 1 is 1.28 bits per heavy atom. The number of benzene rings is 1. The molecule has 1 fully saturated rings. The molecule has 25 heavy (non-hydrogen) atoms. The van der Waals surface area contributed by atoms with Crippen molar-refractivity contribution in [2.24, 2.45) is 0 Å². The zero-order chi connectivity index (χ0) is 17.8. The first-order valence-electron chi connectivity index (χ1n) is 8.51. The fourth-order valence-electron chi connectivity index (χ4n) is 3.01. The van der Waals surface area contributed by atoms with Crippen LogP contribution in [-0.4, -0.2) is 34.0 Å². The molecule has 0 spiro atoms. The number of nitro groups is 1. The van der Waals surface area contributed by atoms with Crippen LogP contribution >= 0.6 is 0 Å². The number of ether oxygens (including phenoxy) is 1. The first kappa shape index (κ1) is 17.2. The summed E-state index contributed by atoms with van der Waals surface area (Å²) in [6.07, 6.45) is 2.00. The summed E-state index contributed by atoms with van der Waals surface area (Å²) in [4.78, 5) is 10.9. The van der Waals surface area contributed by atoms with Crippen LogP contribution in [0.4, 0.5) is 22.9 Å². The van der Waals surface area contributed by atoms with Crippen molar-refractivity contribution in [3.63, 3.8) is 0 Å². The summed E-state index contributed by atoms with van der Waals surface area (Å²) in [5.41, 5.74) is 2.25. The third-order valence-electron chi connectivity index (χ3n) is 4.32. The highest BCUT2D eigenvalue weighted by Gasteiger charge is 2.24. The SMILES string of the molecule is CCn1nc(C)c([N+](=O)[O-])c1Nc1ccc(NC2CCOCC2)cc1. The van der Waals surface area contributed by atoms with Crippen LogP contribution in [-0.2, 0) is 11.3 Å². The highest BCUT2D eigenvalue weighted by atomic mass is 16.6. The molecule has 8 heteroatoms. The van der Waals surface area contributed by atoms with Gasteiger partial charge in [-0.15, -0.1) is 0 Å². The molecule has 8 nitrogen and oxygen atoms in total. The predicted octanol–water partition coefficient (Wildman–Crippen LogP) is 3.45. The first-order valence-corrected chi connectivity index (χ1v) is 8.51. The van der Waals surface area contributed by atoms with Gasteiger partial charge in [0, 0.05) is 37.2 Å². The van der Waals surface area contributed by atoms with Crippen molar-refractivity contribution in [3.05, 3.63) is 40.1 Å². The van der Waals surface area contributed by atoms with Crippen molar-refractivity contribution >= 4 is 22.9 Å². The second-order valence-electron chi connectivity index (χ2n) is 6.09. The lowest BCUT2D eigenvalue weighted by Crippen LogP contribution is -2.27. The number of rotatable bonds is 6. The lowest BCUT2D eigenvalue weighted by atomic mass is 10.1. The molecule has 1 aromatic heterocycles. The van der Waals surface area contributed by atoms with E-state index in [0.717, 1.165) is 37.4 Å². The molecule has 0 unspecified atom stereocenters. The number of aryl methyl sites for hydroxylation is 2. The van der Waals surface area contributed by atoms with E-state index < -0.39 is 4.92 Å². The number of hydrogen-bond donors (Lipinski definition) is 2. The maximum Gasteiger partial charge on any atom is 0.334 e. The fourth-order valence-corrected chi connectivity index (χ4v) is 3.01.